The number of Topliss-reactive ketones (excluding diaryl/α,β-unsaturated/α-hetero) is 1. The molecule has 1 fully saturated rings. The summed E-state index contributed by atoms with van der Waals surface area (Å²) < 4.78 is 31.6. The number of ketones is 1. The van der Waals surface area contributed by atoms with Crippen molar-refractivity contribution in [2.24, 2.45) is 0 Å². The van der Waals surface area contributed by atoms with Gasteiger partial charge in [-0.05, 0) is 18.2 Å². The fourth-order valence-corrected chi connectivity index (χ4v) is 3.58. The van der Waals surface area contributed by atoms with Gasteiger partial charge in [0.25, 0.3) is 17.6 Å². The van der Waals surface area contributed by atoms with Crippen molar-refractivity contribution in [3.05, 3.63) is 84.1 Å². The van der Waals surface area contributed by atoms with Crippen molar-refractivity contribution in [3.63, 3.8) is 0 Å². The Kier molecular flexibility index (Phi) is 8.08. The first kappa shape index (κ1) is 25.3. The SMILES string of the molecule is C=CC(=O)OC.O=C(C(=O)N1CCN(C(=O)c2ccccc2)CC1)c1c[nH]c2cc(F)cc(F)c12. The number of nitrogens with one attached hydrogen (secondary N) is 1. The molecule has 1 saturated heterocycles. The smallest absolute Gasteiger partial charge is 0.329 e. The molecular weight excluding hydrogens is 460 g/mol. The van der Waals surface area contributed by atoms with E-state index in [4.69, 9.17) is 0 Å². The number of rotatable bonds is 4. The first-order chi connectivity index (χ1) is 16.8. The minimum atomic E-state index is -0.907. The zero-order valence-corrected chi connectivity index (χ0v) is 18.9. The van der Waals surface area contributed by atoms with Crippen molar-refractivity contribution in [1.82, 2.24) is 14.8 Å². The molecule has 35 heavy (non-hydrogen) atoms. The fraction of sp³-hybridized carbons (Fsp3) is 0.200. The van der Waals surface area contributed by atoms with E-state index in [1.165, 1.54) is 18.2 Å². The van der Waals surface area contributed by atoms with Crippen LogP contribution in [0, 0.1) is 11.6 Å². The molecule has 4 rings (SSSR count). The van der Waals surface area contributed by atoms with Gasteiger partial charge in [-0.25, -0.2) is 13.6 Å². The molecule has 2 heterocycles. The lowest BCUT2D eigenvalue weighted by molar-refractivity contribution is -0.134. The van der Waals surface area contributed by atoms with Crippen LogP contribution in [0.15, 0.2) is 61.3 Å². The molecule has 2 amide bonds. The Labute approximate surface area is 199 Å². The number of esters is 1. The van der Waals surface area contributed by atoms with E-state index < -0.39 is 29.3 Å². The second-order valence-electron chi connectivity index (χ2n) is 7.52. The van der Waals surface area contributed by atoms with Gasteiger partial charge in [-0.2, -0.15) is 0 Å². The maximum absolute atomic E-state index is 14.1. The summed E-state index contributed by atoms with van der Waals surface area (Å²) in [5, 5.41) is -0.109. The number of fused-ring (bicyclic) bond motifs is 1. The van der Waals surface area contributed by atoms with Gasteiger partial charge in [-0.3, -0.25) is 14.4 Å². The first-order valence-corrected chi connectivity index (χ1v) is 10.6. The first-order valence-electron chi connectivity index (χ1n) is 10.6. The molecule has 0 saturated carbocycles. The number of carbonyl (C=O) groups is 4. The summed E-state index contributed by atoms with van der Waals surface area (Å²) in [6, 6.07) is 10.5. The van der Waals surface area contributed by atoms with Crippen molar-refractivity contribution < 1.29 is 32.7 Å². The van der Waals surface area contributed by atoms with E-state index in [9.17, 15) is 28.0 Å². The van der Waals surface area contributed by atoms with E-state index in [0.29, 0.717) is 24.7 Å². The number of aromatic nitrogens is 1. The highest BCUT2D eigenvalue weighted by Crippen LogP contribution is 2.24. The van der Waals surface area contributed by atoms with Gasteiger partial charge in [0.1, 0.15) is 11.6 Å². The van der Waals surface area contributed by atoms with Gasteiger partial charge in [-0.1, -0.05) is 24.8 Å². The molecule has 0 atom stereocenters. The molecule has 1 aromatic heterocycles. The Morgan fingerprint density at radius 3 is 2.20 bits per heavy atom. The highest BCUT2D eigenvalue weighted by Gasteiger charge is 2.30. The Morgan fingerprint density at radius 1 is 1.00 bits per heavy atom. The fourth-order valence-electron chi connectivity index (χ4n) is 3.58. The number of methoxy groups -OCH3 is 1. The van der Waals surface area contributed by atoms with Gasteiger partial charge in [-0.15, -0.1) is 0 Å². The zero-order chi connectivity index (χ0) is 25.5. The number of ether oxygens (including phenoxy) is 1. The number of carbonyl (C=O) groups excluding carboxylic acids is 4. The second kappa shape index (κ2) is 11.2. The molecule has 10 heteroatoms. The number of nitrogens with zero attached hydrogens (tertiary/aromatic N) is 2. The molecule has 0 bridgehead atoms. The summed E-state index contributed by atoms with van der Waals surface area (Å²) in [5.41, 5.74) is 0.534. The van der Waals surface area contributed by atoms with Gasteiger partial charge in [0.15, 0.2) is 0 Å². The molecule has 0 radical (unpaired) electrons. The van der Waals surface area contributed by atoms with E-state index >= 15 is 0 Å². The molecule has 0 unspecified atom stereocenters. The molecule has 0 spiro atoms. The normalized spacial score (nSPS) is 13.0. The van der Waals surface area contributed by atoms with Crippen LogP contribution in [0.4, 0.5) is 8.78 Å². The van der Waals surface area contributed by atoms with Gasteiger partial charge in [0.2, 0.25) is 0 Å². The quantitative estimate of drug-likeness (QED) is 0.266. The lowest BCUT2D eigenvalue weighted by Crippen LogP contribution is -2.52. The maximum atomic E-state index is 14.1. The van der Waals surface area contributed by atoms with Crippen LogP contribution in [0.3, 0.4) is 0 Å². The van der Waals surface area contributed by atoms with Crippen molar-refractivity contribution in [2.45, 2.75) is 0 Å². The van der Waals surface area contributed by atoms with Crippen LogP contribution in [-0.2, 0) is 14.3 Å². The summed E-state index contributed by atoms with van der Waals surface area (Å²) in [7, 11) is 1.31. The highest BCUT2D eigenvalue weighted by molar-refractivity contribution is 6.44. The van der Waals surface area contributed by atoms with Crippen molar-refractivity contribution in [3.8, 4) is 0 Å². The lowest BCUT2D eigenvalue weighted by Gasteiger charge is -2.34. The minimum Gasteiger partial charge on any atom is -0.466 e. The zero-order valence-electron chi connectivity index (χ0n) is 18.9. The van der Waals surface area contributed by atoms with Crippen LogP contribution < -0.4 is 0 Å². The minimum absolute atomic E-state index is 0.108. The molecule has 1 aliphatic rings. The standard InChI is InChI=1S/C21H17F2N3O3.C4H6O2/c22-14-10-16(23)18-15(12-24-17(18)11-14)19(27)21(29)26-8-6-25(7-9-26)20(28)13-4-2-1-3-5-13;1-3-4(5)6-2/h1-5,10-12,24H,6-9H2;3H,1H2,2H3. The molecule has 1 N–H and O–H groups in total. The average Bonchev–Trinajstić information content (AvgIpc) is 3.32. The number of halogens is 2. The molecule has 0 aliphatic carbocycles. The topological polar surface area (TPSA) is 99.8 Å². The van der Waals surface area contributed by atoms with Gasteiger partial charge < -0.3 is 19.5 Å². The number of H-pyrrole nitrogens is 1. The van der Waals surface area contributed by atoms with Crippen molar-refractivity contribution in [1.29, 1.82) is 0 Å². The van der Waals surface area contributed by atoms with Gasteiger partial charge in [0.05, 0.1) is 18.2 Å². The third-order valence-corrected chi connectivity index (χ3v) is 5.38. The monoisotopic (exact) mass is 483 g/mol. The molecule has 3 aromatic rings. The predicted octanol–water partition coefficient (Wildman–Crippen LogP) is 2.96. The van der Waals surface area contributed by atoms with E-state index in [-0.39, 0.29) is 35.5 Å². The summed E-state index contributed by atoms with van der Waals surface area (Å²) >= 11 is 0. The Morgan fingerprint density at radius 2 is 1.63 bits per heavy atom. The Bertz CT molecular complexity index is 1260. The van der Waals surface area contributed by atoms with E-state index in [0.717, 1.165) is 12.1 Å². The largest absolute Gasteiger partial charge is 0.466 e. The maximum Gasteiger partial charge on any atom is 0.329 e. The molecule has 8 nitrogen and oxygen atoms in total. The highest BCUT2D eigenvalue weighted by atomic mass is 19.1. The lowest BCUT2D eigenvalue weighted by atomic mass is 10.1. The van der Waals surface area contributed by atoms with Crippen LogP contribution in [0.2, 0.25) is 0 Å². The second-order valence-corrected chi connectivity index (χ2v) is 7.52. The van der Waals surface area contributed by atoms with Crippen LogP contribution in [0.1, 0.15) is 20.7 Å². The third-order valence-electron chi connectivity index (χ3n) is 5.38. The Balaban J connectivity index is 0.000000509. The van der Waals surface area contributed by atoms with Crippen molar-refractivity contribution in [2.75, 3.05) is 33.3 Å². The predicted molar refractivity (Wildman–Crippen MR) is 124 cm³/mol. The third kappa shape index (κ3) is 5.78. The van der Waals surface area contributed by atoms with Gasteiger partial charge >= 0.3 is 5.97 Å². The molecule has 182 valence electrons. The van der Waals surface area contributed by atoms with Crippen LogP contribution in [0.25, 0.3) is 10.9 Å². The Hall–Kier alpha value is -4.34. The van der Waals surface area contributed by atoms with Crippen LogP contribution in [-0.4, -0.2) is 71.6 Å². The van der Waals surface area contributed by atoms with E-state index in [1.807, 2.05) is 6.07 Å². The van der Waals surface area contributed by atoms with Gasteiger partial charge in [0, 0.05) is 55.5 Å². The number of hydrogen-bond donors (Lipinski definition) is 1. The van der Waals surface area contributed by atoms with E-state index in [2.05, 4.69) is 16.3 Å². The molecule has 2 aromatic carbocycles. The van der Waals surface area contributed by atoms with Crippen molar-refractivity contribution >= 4 is 34.5 Å². The van der Waals surface area contributed by atoms with Crippen LogP contribution >= 0.6 is 0 Å². The number of hydrogen-bond acceptors (Lipinski definition) is 5. The van der Waals surface area contributed by atoms with E-state index in [1.54, 1.807) is 29.2 Å². The average molecular weight is 483 g/mol. The molecular formula is C25H23F2N3O5. The number of aromatic amines is 1. The summed E-state index contributed by atoms with van der Waals surface area (Å²) in [6.45, 7) is 4.13. The summed E-state index contributed by atoms with van der Waals surface area (Å²) in [6.07, 6.45) is 2.32. The van der Waals surface area contributed by atoms with Crippen LogP contribution in [0.5, 0.6) is 0 Å². The number of piperazine rings is 1. The summed E-state index contributed by atoms with van der Waals surface area (Å²) in [5.74, 6) is -3.86. The number of benzene rings is 2. The summed E-state index contributed by atoms with van der Waals surface area (Å²) in [4.78, 5) is 53.2. The molecule has 1 aliphatic heterocycles. The number of amides is 2.